The van der Waals surface area contributed by atoms with E-state index in [9.17, 15) is 9.59 Å². The van der Waals surface area contributed by atoms with Crippen molar-refractivity contribution in [2.75, 3.05) is 19.7 Å². The molecule has 0 aromatic carbocycles. The summed E-state index contributed by atoms with van der Waals surface area (Å²) in [6.45, 7) is 2.01. The van der Waals surface area contributed by atoms with E-state index in [4.69, 9.17) is 4.74 Å². The molecule has 3 unspecified atom stereocenters. The first-order valence-corrected chi connectivity index (χ1v) is 9.45. The lowest BCUT2D eigenvalue weighted by atomic mass is 9.89. The van der Waals surface area contributed by atoms with E-state index in [0.29, 0.717) is 32.2 Å². The second-order valence-electron chi connectivity index (χ2n) is 7.68. The molecule has 0 spiro atoms. The van der Waals surface area contributed by atoms with Crippen LogP contribution in [0.2, 0.25) is 0 Å². The number of nitrogens with zero attached hydrogens (tertiary/aromatic N) is 2. The minimum absolute atomic E-state index is 0.122. The minimum atomic E-state index is -0.122. The molecule has 0 bridgehead atoms. The minimum Gasteiger partial charge on any atom is -0.374 e. The standard InChI is InChI=1S/C18H28N2O3/c21-17-11-13(12-20(17)14-5-1-2-6-14)18(22)19-9-10-23-16-8-4-3-7-15(16)19/h13-16H,1-12H2. The van der Waals surface area contributed by atoms with Crippen LogP contribution in [0.1, 0.15) is 57.8 Å². The van der Waals surface area contributed by atoms with Crippen LogP contribution in [-0.2, 0) is 14.3 Å². The monoisotopic (exact) mass is 320 g/mol. The number of morpholine rings is 1. The number of hydrogen-bond donors (Lipinski definition) is 0. The van der Waals surface area contributed by atoms with Gasteiger partial charge in [0.25, 0.3) is 0 Å². The maximum Gasteiger partial charge on any atom is 0.228 e. The molecule has 4 rings (SSSR count). The molecule has 2 aliphatic carbocycles. The van der Waals surface area contributed by atoms with Crippen molar-refractivity contribution in [1.82, 2.24) is 9.80 Å². The Morgan fingerprint density at radius 1 is 1.04 bits per heavy atom. The highest BCUT2D eigenvalue weighted by atomic mass is 16.5. The molecular weight excluding hydrogens is 292 g/mol. The average molecular weight is 320 g/mol. The van der Waals surface area contributed by atoms with Crippen molar-refractivity contribution in [3.63, 3.8) is 0 Å². The Morgan fingerprint density at radius 2 is 1.78 bits per heavy atom. The summed E-state index contributed by atoms with van der Waals surface area (Å²) >= 11 is 0. The molecule has 2 saturated carbocycles. The number of likely N-dealkylation sites (tertiary alicyclic amines) is 1. The Hall–Kier alpha value is -1.10. The van der Waals surface area contributed by atoms with Gasteiger partial charge in [-0.05, 0) is 25.7 Å². The number of amides is 2. The van der Waals surface area contributed by atoms with Gasteiger partial charge in [-0.1, -0.05) is 25.7 Å². The first-order chi connectivity index (χ1) is 11.2. The fraction of sp³-hybridized carbons (Fsp3) is 0.889. The van der Waals surface area contributed by atoms with E-state index in [0.717, 1.165) is 25.7 Å². The summed E-state index contributed by atoms with van der Waals surface area (Å²) < 4.78 is 5.88. The molecule has 4 fully saturated rings. The van der Waals surface area contributed by atoms with E-state index < -0.39 is 0 Å². The summed E-state index contributed by atoms with van der Waals surface area (Å²) in [5.74, 6) is 0.284. The van der Waals surface area contributed by atoms with Crippen LogP contribution in [0.25, 0.3) is 0 Å². The Balaban J connectivity index is 1.43. The van der Waals surface area contributed by atoms with Crippen LogP contribution in [0.4, 0.5) is 0 Å². The van der Waals surface area contributed by atoms with Gasteiger partial charge in [-0.15, -0.1) is 0 Å². The van der Waals surface area contributed by atoms with E-state index >= 15 is 0 Å². The first-order valence-electron chi connectivity index (χ1n) is 9.45. The number of carbonyl (C=O) groups is 2. The van der Waals surface area contributed by atoms with Crippen LogP contribution >= 0.6 is 0 Å². The highest BCUT2D eigenvalue weighted by molar-refractivity contribution is 5.89. The smallest absolute Gasteiger partial charge is 0.228 e. The summed E-state index contributed by atoms with van der Waals surface area (Å²) in [6.07, 6.45) is 9.86. The van der Waals surface area contributed by atoms with Crippen molar-refractivity contribution in [1.29, 1.82) is 0 Å². The zero-order valence-electron chi connectivity index (χ0n) is 13.9. The molecule has 128 valence electrons. The van der Waals surface area contributed by atoms with Crippen LogP contribution in [-0.4, -0.2) is 59.5 Å². The zero-order valence-corrected chi connectivity index (χ0v) is 13.9. The van der Waals surface area contributed by atoms with Crippen molar-refractivity contribution in [2.45, 2.75) is 76.0 Å². The SMILES string of the molecule is O=C1CC(C(=O)N2CCOC3CCCCC32)CN1C1CCCC1. The van der Waals surface area contributed by atoms with Gasteiger partial charge in [-0.3, -0.25) is 9.59 Å². The highest BCUT2D eigenvalue weighted by Gasteiger charge is 2.44. The van der Waals surface area contributed by atoms with Crippen LogP contribution in [0.5, 0.6) is 0 Å². The van der Waals surface area contributed by atoms with Crippen molar-refractivity contribution in [2.24, 2.45) is 5.92 Å². The normalized spacial score (nSPS) is 35.7. The third-order valence-electron chi connectivity index (χ3n) is 6.29. The lowest BCUT2D eigenvalue weighted by molar-refractivity contribution is -0.153. The molecule has 4 aliphatic rings. The average Bonchev–Trinajstić information content (AvgIpc) is 3.23. The molecule has 0 aromatic rings. The Morgan fingerprint density at radius 3 is 2.61 bits per heavy atom. The van der Waals surface area contributed by atoms with Gasteiger partial charge in [-0.25, -0.2) is 0 Å². The first kappa shape index (κ1) is 15.4. The molecule has 0 aromatic heterocycles. The fourth-order valence-electron chi connectivity index (χ4n) is 5.07. The number of fused-ring (bicyclic) bond motifs is 1. The van der Waals surface area contributed by atoms with Gasteiger partial charge in [0.15, 0.2) is 0 Å². The third kappa shape index (κ3) is 2.88. The lowest BCUT2D eigenvalue weighted by Gasteiger charge is -2.44. The molecule has 3 atom stereocenters. The molecule has 5 heteroatoms. The fourth-order valence-corrected chi connectivity index (χ4v) is 5.07. The Labute approximate surface area is 138 Å². The molecule has 0 radical (unpaired) electrons. The van der Waals surface area contributed by atoms with Gasteiger partial charge in [-0.2, -0.15) is 0 Å². The largest absolute Gasteiger partial charge is 0.374 e. The number of hydrogen-bond acceptors (Lipinski definition) is 3. The number of carbonyl (C=O) groups excluding carboxylic acids is 2. The predicted molar refractivity (Wildman–Crippen MR) is 85.8 cm³/mol. The van der Waals surface area contributed by atoms with Gasteiger partial charge in [0.1, 0.15) is 0 Å². The number of rotatable bonds is 2. The van der Waals surface area contributed by atoms with Crippen LogP contribution < -0.4 is 0 Å². The quantitative estimate of drug-likeness (QED) is 0.781. The van der Waals surface area contributed by atoms with Gasteiger partial charge < -0.3 is 14.5 Å². The topological polar surface area (TPSA) is 49.9 Å². The molecule has 23 heavy (non-hydrogen) atoms. The van der Waals surface area contributed by atoms with Gasteiger partial charge in [0.05, 0.1) is 24.7 Å². The molecule has 2 saturated heterocycles. The van der Waals surface area contributed by atoms with Gasteiger partial charge in [0.2, 0.25) is 11.8 Å². The summed E-state index contributed by atoms with van der Waals surface area (Å²) in [7, 11) is 0. The van der Waals surface area contributed by atoms with Gasteiger partial charge in [0, 0.05) is 25.6 Å². The van der Waals surface area contributed by atoms with Crippen LogP contribution in [0.3, 0.4) is 0 Å². The molecule has 2 amide bonds. The molecule has 2 heterocycles. The predicted octanol–water partition coefficient (Wildman–Crippen LogP) is 1.95. The van der Waals surface area contributed by atoms with Gasteiger partial charge >= 0.3 is 0 Å². The zero-order chi connectivity index (χ0) is 15.8. The molecule has 0 N–H and O–H groups in total. The third-order valence-corrected chi connectivity index (χ3v) is 6.29. The highest BCUT2D eigenvalue weighted by Crippen LogP contribution is 2.33. The van der Waals surface area contributed by atoms with E-state index in [1.165, 1.54) is 25.7 Å². The second kappa shape index (κ2) is 6.42. The summed E-state index contributed by atoms with van der Waals surface area (Å²) in [6, 6.07) is 0.646. The lowest BCUT2D eigenvalue weighted by Crippen LogP contribution is -2.56. The van der Waals surface area contributed by atoms with Crippen molar-refractivity contribution in [3.8, 4) is 0 Å². The van der Waals surface area contributed by atoms with E-state index in [1.54, 1.807) is 0 Å². The van der Waals surface area contributed by atoms with Crippen LogP contribution in [0.15, 0.2) is 0 Å². The van der Waals surface area contributed by atoms with Crippen LogP contribution in [0, 0.1) is 5.92 Å². The van der Waals surface area contributed by atoms with Crippen molar-refractivity contribution >= 4 is 11.8 Å². The molecule has 5 nitrogen and oxygen atoms in total. The number of ether oxygens (including phenoxy) is 1. The molecular formula is C18H28N2O3. The van der Waals surface area contributed by atoms with E-state index in [-0.39, 0.29) is 29.9 Å². The second-order valence-corrected chi connectivity index (χ2v) is 7.68. The van der Waals surface area contributed by atoms with Crippen molar-refractivity contribution < 1.29 is 14.3 Å². The Bertz CT molecular complexity index is 473. The molecule has 2 aliphatic heterocycles. The van der Waals surface area contributed by atoms with E-state index in [1.807, 2.05) is 4.90 Å². The maximum absolute atomic E-state index is 13.1. The van der Waals surface area contributed by atoms with E-state index in [2.05, 4.69) is 4.90 Å². The summed E-state index contributed by atoms with van der Waals surface area (Å²) in [5.41, 5.74) is 0. The Kier molecular flexibility index (Phi) is 4.31. The summed E-state index contributed by atoms with van der Waals surface area (Å²) in [4.78, 5) is 29.5. The maximum atomic E-state index is 13.1. The summed E-state index contributed by atoms with van der Waals surface area (Å²) in [5, 5.41) is 0. The van der Waals surface area contributed by atoms with Crippen molar-refractivity contribution in [3.05, 3.63) is 0 Å².